The van der Waals surface area contributed by atoms with Crippen molar-refractivity contribution in [2.75, 3.05) is 26.2 Å². The van der Waals surface area contributed by atoms with Gasteiger partial charge in [0, 0.05) is 42.6 Å². The molecule has 7 heteroatoms. The number of carbonyl (C=O) groups excluding carboxylic acids is 1. The monoisotopic (exact) mass is 404 g/mol. The molecular weight excluding hydrogens is 368 g/mol. The SMILES string of the molecule is CCNC(=NCc1cc2c(cc1OCC)CC(C)O2)NCCNC(=O)C(C)(C)C. The van der Waals surface area contributed by atoms with Crippen molar-refractivity contribution < 1.29 is 14.3 Å². The summed E-state index contributed by atoms with van der Waals surface area (Å²) in [6, 6.07) is 4.12. The van der Waals surface area contributed by atoms with E-state index in [4.69, 9.17) is 9.47 Å². The predicted molar refractivity (Wildman–Crippen MR) is 117 cm³/mol. The Labute approximate surface area is 174 Å². The van der Waals surface area contributed by atoms with E-state index in [1.165, 1.54) is 5.56 Å². The number of amides is 1. The highest BCUT2D eigenvalue weighted by Gasteiger charge is 2.22. The number of carbonyl (C=O) groups is 1. The largest absolute Gasteiger partial charge is 0.494 e. The molecule has 1 heterocycles. The number of guanidine groups is 1. The molecule has 1 atom stereocenters. The first-order valence-corrected chi connectivity index (χ1v) is 10.5. The van der Waals surface area contributed by atoms with Crippen molar-refractivity contribution in [1.29, 1.82) is 0 Å². The minimum Gasteiger partial charge on any atom is -0.494 e. The zero-order chi connectivity index (χ0) is 21.4. The Hall–Kier alpha value is -2.44. The van der Waals surface area contributed by atoms with Gasteiger partial charge in [-0.2, -0.15) is 0 Å². The highest BCUT2D eigenvalue weighted by atomic mass is 16.5. The van der Waals surface area contributed by atoms with Crippen LogP contribution < -0.4 is 25.4 Å². The molecule has 3 N–H and O–H groups in total. The summed E-state index contributed by atoms with van der Waals surface area (Å²) in [6.45, 7) is 14.8. The van der Waals surface area contributed by atoms with Crippen LogP contribution in [0.4, 0.5) is 0 Å². The summed E-state index contributed by atoms with van der Waals surface area (Å²) >= 11 is 0. The number of ether oxygens (including phenoxy) is 2. The zero-order valence-electron chi connectivity index (χ0n) is 18.6. The summed E-state index contributed by atoms with van der Waals surface area (Å²) in [5, 5.41) is 9.43. The summed E-state index contributed by atoms with van der Waals surface area (Å²) < 4.78 is 11.7. The van der Waals surface area contributed by atoms with Crippen LogP contribution in [0.15, 0.2) is 17.1 Å². The lowest BCUT2D eigenvalue weighted by Crippen LogP contribution is -2.43. The summed E-state index contributed by atoms with van der Waals surface area (Å²) in [5.74, 6) is 2.53. The average Bonchev–Trinajstić information content (AvgIpc) is 3.01. The molecule has 1 aliphatic heterocycles. The van der Waals surface area contributed by atoms with E-state index in [2.05, 4.69) is 33.9 Å². The fourth-order valence-electron chi connectivity index (χ4n) is 3.02. The Morgan fingerprint density at radius 2 is 1.93 bits per heavy atom. The van der Waals surface area contributed by atoms with Crippen molar-refractivity contribution in [3.63, 3.8) is 0 Å². The number of fused-ring (bicyclic) bond motifs is 1. The lowest BCUT2D eigenvalue weighted by Gasteiger charge is -2.18. The van der Waals surface area contributed by atoms with E-state index in [-0.39, 0.29) is 17.4 Å². The van der Waals surface area contributed by atoms with Gasteiger partial charge in [0.25, 0.3) is 0 Å². The second kappa shape index (κ2) is 10.4. The van der Waals surface area contributed by atoms with Crippen LogP contribution in [-0.2, 0) is 17.8 Å². The smallest absolute Gasteiger partial charge is 0.225 e. The normalized spacial score (nSPS) is 16.1. The van der Waals surface area contributed by atoms with E-state index < -0.39 is 0 Å². The maximum Gasteiger partial charge on any atom is 0.225 e. The molecule has 2 rings (SSSR count). The first kappa shape index (κ1) is 22.8. The molecule has 1 aromatic carbocycles. The van der Waals surface area contributed by atoms with Crippen LogP contribution >= 0.6 is 0 Å². The molecule has 0 saturated heterocycles. The van der Waals surface area contributed by atoms with Crippen LogP contribution in [0.3, 0.4) is 0 Å². The van der Waals surface area contributed by atoms with E-state index in [9.17, 15) is 4.79 Å². The third kappa shape index (κ3) is 6.84. The minimum absolute atomic E-state index is 0.0370. The molecule has 0 aliphatic carbocycles. The molecule has 0 bridgehead atoms. The molecule has 29 heavy (non-hydrogen) atoms. The number of hydrogen-bond acceptors (Lipinski definition) is 4. The first-order valence-electron chi connectivity index (χ1n) is 10.5. The van der Waals surface area contributed by atoms with Gasteiger partial charge in [0.15, 0.2) is 5.96 Å². The molecule has 1 aliphatic rings. The molecule has 0 saturated carbocycles. The summed E-state index contributed by atoms with van der Waals surface area (Å²) in [4.78, 5) is 16.6. The van der Waals surface area contributed by atoms with Crippen molar-refractivity contribution in [3.8, 4) is 11.5 Å². The Balaban J connectivity index is 2.00. The van der Waals surface area contributed by atoms with Gasteiger partial charge in [-0.3, -0.25) is 4.79 Å². The molecule has 0 fully saturated rings. The van der Waals surface area contributed by atoms with Crippen LogP contribution in [0, 0.1) is 5.41 Å². The van der Waals surface area contributed by atoms with Gasteiger partial charge in [0.05, 0.1) is 13.2 Å². The summed E-state index contributed by atoms with van der Waals surface area (Å²) in [5.41, 5.74) is 1.80. The number of rotatable bonds is 8. The average molecular weight is 405 g/mol. The number of nitrogens with zero attached hydrogens (tertiary/aromatic N) is 1. The number of nitrogens with one attached hydrogen (secondary N) is 3. The van der Waals surface area contributed by atoms with Gasteiger partial charge >= 0.3 is 0 Å². The lowest BCUT2D eigenvalue weighted by atomic mass is 9.96. The summed E-state index contributed by atoms with van der Waals surface area (Å²) in [6.07, 6.45) is 1.10. The van der Waals surface area contributed by atoms with Gasteiger partial charge in [-0.15, -0.1) is 0 Å². The third-order valence-corrected chi connectivity index (χ3v) is 4.51. The molecule has 0 radical (unpaired) electrons. The minimum atomic E-state index is -0.387. The van der Waals surface area contributed by atoms with Gasteiger partial charge in [-0.25, -0.2) is 4.99 Å². The number of hydrogen-bond donors (Lipinski definition) is 3. The van der Waals surface area contributed by atoms with Crippen LogP contribution in [0.25, 0.3) is 0 Å². The van der Waals surface area contributed by atoms with Crippen LogP contribution in [0.1, 0.15) is 52.7 Å². The van der Waals surface area contributed by atoms with Gasteiger partial charge in [-0.1, -0.05) is 20.8 Å². The second-order valence-electron chi connectivity index (χ2n) is 8.26. The van der Waals surface area contributed by atoms with Crippen LogP contribution in [0.2, 0.25) is 0 Å². The van der Waals surface area contributed by atoms with E-state index in [1.807, 2.05) is 40.7 Å². The van der Waals surface area contributed by atoms with E-state index in [0.29, 0.717) is 32.2 Å². The van der Waals surface area contributed by atoms with Crippen molar-refractivity contribution >= 4 is 11.9 Å². The van der Waals surface area contributed by atoms with E-state index >= 15 is 0 Å². The van der Waals surface area contributed by atoms with Gasteiger partial charge < -0.3 is 25.4 Å². The topological polar surface area (TPSA) is 84.0 Å². The molecule has 7 nitrogen and oxygen atoms in total. The Morgan fingerprint density at radius 3 is 2.59 bits per heavy atom. The molecular formula is C22H36N4O3. The zero-order valence-corrected chi connectivity index (χ0v) is 18.6. The lowest BCUT2D eigenvalue weighted by molar-refractivity contribution is -0.128. The molecule has 1 aromatic rings. The molecule has 1 amide bonds. The van der Waals surface area contributed by atoms with Crippen LogP contribution in [0.5, 0.6) is 11.5 Å². The molecule has 162 valence electrons. The van der Waals surface area contributed by atoms with Crippen LogP contribution in [-0.4, -0.2) is 44.2 Å². The van der Waals surface area contributed by atoms with Crippen molar-refractivity contribution in [2.24, 2.45) is 10.4 Å². The van der Waals surface area contributed by atoms with Gasteiger partial charge in [-0.05, 0) is 32.9 Å². The Kier molecular flexibility index (Phi) is 8.17. The fourth-order valence-corrected chi connectivity index (χ4v) is 3.02. The maximum absolute atomic E-state index is 12.0. The second-order valence-corrected chi connectivity index (χ2v) is 8.26. The number of benzene rings is 1. The quantitative estimate of drug-likeness (QED) is 0.352. The van der Waals surface area contributed by atoms with Gasteiger partial charge in [0.1, 0.15) is 17.6 Å². The third-order valence-electron chi connectivity index (χ3n) is 4.51. The van der Waals surface area contributed by atoms with Gasteiger partial charge in [0.2, 0.25) is 5.91 Å². The maximum atomic E-state index is 12.0. The summed E-state index contributed by atoms with van der Waals surface area (Å²) in [7, 11) is 0. The van der Waals surface area contributed by atoms with E-state index in [0.717, 1.165) is 30.0 Å². The molecule has 0 aromatic heterocycles. The Morgan fingerprint density at radius 1 is 1.21 bits per heavy atom. The van der Waals surface area contributed by atoms with Crippen molar-refractivity contribution in [2.45, 2.75) is 60.6 Å². The molecule has 1 unspecified atom stereocenters. The van der Waals surface area contributed by atoms with Crippen molar-refractivity contribution in [3.05, 3.63) is 23.3 Å². The standard InChI is InChI=1S/C22H36N4O3/c1-7-23-21(25-10-9-24-20(27)22(4,5)6)26-14-17-13-19-16(11-15(3)29-19)12-18(17)28-8-2/h12-13,15H,7-11,14H2,1-6H3,(H,24,27)(H2,23,25,26). The molecule has 0 spiro atoms. The highest BCUT2D eigenvalue weighted by molar-refractivity contribution is 5.82. The predicted octanol–water partition coefficient (Wildman–Crippen LogP) is 2.63. The fraction of sp³-hybridized carbons (Fsp3) is 0.636. The first-order chi connectivity index (χ1) is 13.7. The Bertz CT molecular complexity index is 726. The van der Waals surface area contributed by atoms with E-state index in [1.54, 1.807) is 0 Å². The number of aliphatic imine (C=N–C) groups is 1. The highest BCUT2D eigenvalue weighted by Crippen LogP contribution is 2.35. The van der Waals surface area contributed by atoms with Crippen molar-refractivity contribution in [1.82, 2.24) is 16.0 Å².